The van der Waals surface area contributed by atoms with E-state index in [-0.39, 0.29) is 5.78 Å². The van der Waals surface area contributed by atoms with E-state index in [0.29, 0.717) is 16.4 Å². The lowest BCUT2D eigenvalue weighted by Gasteiger charge is -2.25. The van der Waals surface area contributed by atoms with Crippen molar-refractivity contribution in [2.24, 2.45) is 0 Å². The Morgan fingerprint density at radius 1 is 0.354 bits per heavy atom. The Labute approximate surface area is 276 Å². The van der Waals surface area contributed by atoms with Gasteiger partial charge in [0.15, 0.2) is 12.9 Å². The highest BCUT2D eigenvalue weighted by atomic mass is 31.2. The molecular formula is C45H27O2P. The van der Waals surface area contributed by atoms with Gasteiger partial charge in [-0.2, -0.15) is 0 Å². The van der Waals surface area contributed by atoms with Crippen molar-refractivity contribution in [1.29, 1.82) is 0 Å². The molecule has 0 aliphatic heterocycles. The molecule has 2 nitrogen and oxygen atoms in total. The number of carbonyl (C=O) groups is 1. The van der Waals surface area contributed by atoms with Crippen molar-refractivity contribution in [2.75, 3.05) is 0 Å². The van der Waals surface area contributed by atoms with Gasteiger partial charge in [0.1, 0.15) is 0 Å². The lowest BCUT2D eigenvalue weighted by Crippen LogP contribution is -2.26. The summed E-state index contributed by atoms with van der Waals surface area (Å²) < 4.78 is 16.6. The molecule has 0 heterocycles. The molecule has 0 aromatic heterocycles. The van der Waals surface area contributed by atoms with Gasteiger partial charge in [-0.1, -0.05) is 152 Å². The van der Waals surface area contributed by atoms with Crippen molar-refractivity contribution in [3.05, 3.63) is 175 Å². The van der Waals surface area contributed by atoms with Crippen LogP contribution in [0.25, 0.3) is 64.6 Å². The zero-order valence-corrected chi connectivity index (χ0v) is 26.7. The highest BCUT2D eigenvalue weighted by Crippen LogP contribution is 2.49. The second-order valence-electron chi connectivity index (χ2n) is 12.7. The van der Waals surface area contributed by atoms with Gasteiger partial charge >= 0.3 is 0 Å². The molecule has 0 aliphatic rings. The van der Waals surface area contributed by atoms with Gasteiger partial charge in [0.2, 0.25) is 0 Å². The summed E-state index contributed by atoms with van der Waals surface area (Å²) >= 11 is 0. The minimum Gasteiger partial charge on any atom is -0.309 e. The SMILES string of the molecule is O=C(c1ccccc1)c1ccc(P(=O)(c2ccc3ccc4cccc5ccc2c3c45)c2ccc3ccc4cccc5ccc2c3c45)cc1. The van der Waals surface area contributed by atoms with E-state index in [1.54, 1.807) is 0 Å². The molecule has 224 valence electrons. The molecule has 0 fully saturated rings. The van der Waals surface area contributed by atoms with Crippen LogP contribution in [0.15, 0.2) is 164 Å². The standard InChI is InChI=1S/C45H27O2P/c46-45(34-6-2-1-3-7-34)35-16-22-36(23-17-35)48(47,39-26-20-32-14-12-28-8-4-10-30-18-24-37(39)43(32)41(28)30)40-27-21-33-15-13-29-9-5-11-31-19-25-38(40)44(33)42(29)31/h1-27H. The first-order valence-corrected chi connectivity index (χ1v) is 17.9. The maximum atomic E-state index is 16.6. The average molecular weight is 631 g/mol. The largest absolute Gasteiger partial charge is 0.309 e. The van der Waals surface area contributed by atoms with Crippen molar-refractivity contribution < 1.29 is 9.36 Å². The summed E-state index contributed by atoms with van der Waals surface area (Å²) in [6.45, 7) is 0. The van der Waals surface area contributed by atoms with Gasteiger partial charge in [0, 0.05) is 27.0 Å². The first-order chi connectivity index (χ1) is 23.6. The highest BCUT2D eigenvalue weighted by Gasteiger charge is 2.34. The molecule has 0 N–H and O–H groups in total. The molecule has 0 spiro atoms. The topological polar surface area (TPSA) is 34.1 Å². The van der Waals surface area contributed by atoms with Crippen LogP contribution in [0.2, 0.25) is 0 Å². The summed E-state index contributed by atoms with van der Waals surface area (Å²) in [6.07, 6.45) is 0. The fourth-order valence-corrected chi connectivity index (χ4v) is 11.0. The molecule has 0 amide bonds. The summed E-state index contributed by atoms with van der Waals surface area (Å²) in [5, 5.41) is 15.9. The molecule has 0 radical (unpaired) electrons. The Morgan fingerprint density at radius 2 is 0.750 bits per heavy atom. The maximum absolute atomic E-state index is 16.6. The van der Waals surface area contributed by atoms with Crippen LogP contribution < -0.4 is 15.9 Å². The van der Waals surface area contributed by atoms with Crippen LogP contribution in [0.4, 0.5) is 0 Å². The number of ketones is 1. The van der Waals surface area contributed by atoms with Gasteiger partial charge < -0.3 is 4.57 Å². The molecule has 10 aromatic carbocycles. The molecular weight excluding hydrogens is 603 g/mol. The molecule has 0 aliphatic carbocycles. The number of rotatable bonds is 5. The highest BCUT2D eigenvalue weighted by molar-refractivity contribution is 7.86. The third-order valence-electron chi connectivity index (χ3n) is 10.2. The molecule has 10 rings (SSSR count). The monoisotopic (exact) mass is 630 g/mol. The lowest BCUT2D eigenvalue weighted by molar-refractivity contribution is 0.103. The second-order valence-corrected chi connectivity index (χ2v) is 15.4. The predicted octanol–water partition coefficient (Wildman–Crippen LogP) is 10.4. The van der Waals surface area contributed by atoms with Gasteiger partial charge in [-0.3, -0.25) is 4.79 Å². The summed E-state index contributed by atoms with van der Waals surface area (Å²) in [6, 6.07) is 55.3. The van der Waals surface area contributed by atoms with Crippen LogP contribution in [-0.2, 0) is 4.57 Å². The van der Waals surface area contributed by atoms with Crippen LogP contribution in [0.3, 0.4) is 0 Å². The smallest absolute Gasteiger partial charge is 0.193 e. The summed E-state index contributed by atoms with van der Waals surface area (Å²) in [5.41, 5.74) is 1.20. The molecule has 48 heavy (non-hydrogen) atoms. The molecule has 0 saturated carbocycles. The van der Waals surface area contributed by atoms with E-state index in [0.717, 1.165) is 42.9 Å². The Balaban J connectivity index is 1.29. The van der Waals surface area contributed by atoms with Gasteiger partial charge in [-0.15, -0.1) is 0 Å². The first-order valence-electron chi connectivity index (χ1n) is 16.2. The maximum Gasteiger partial charge on any atom is 0.193 e. The average Bonchev–Trinajstić information content (AvgIpc) is 3.15. The minimum absolute atomic E-state index is 0.0533. The molecule has 0 atom stereocenters. The Kier molecular flexibility index (Phi) is 5.74. The molecule has 3 heteroatoms. The molecule has 0 bridgehead atoms. The van der Waals surface area contributed by atoms with Crippen molar-refractivity contribution in [3.8, 4) is 0 Å². The zero-order chi connectivity index (χ0) is 32.0. The Hall–Kier alpha value is -5.82. The number of benzene rings is 10. The van der Waals surface area contributed by atoms with Gasteiger partial charge in [0.05, 0.1) is 0 Å². The molecule has 0 unspecified atom stereocenters. The Bertz CT molecular complexity index is 2740. The van der Waals surface area contributed by atoms with Crippen LogP contribution in [0, 0.1) is 0 Å². The fraction of sp³-hybridized carbons (Fsp3) is 0. The second kappa shape index (κ2) is 10.1. The van der Waals surface area contributed by atoms with Gasteiger partial charge in [-0.05, 0) is 76.8 Å². The third-order valence-corrected chi connectivity index (χ3v) is 13.4. The van der Waals surface area contributed by atoms with Crippen molar-refractivity contribution in [3.63, 3.8) is 0 Å². The van der Waals surface area contributed by atoms with Crippen LogP contribution in [-0.4, -0.2) is 5.78 Å². The van der Waals surface area contributed by atoms with E-state index in [1.807, 2.05) is 54.6 Å². The van der Waals surface area contributed by atoms with Gasteiger partial charge in [0.25, 0.3) is 0 Å². The van der Waals surface area contributed by atoms with E-state index in [4.69, 9.17) is 0 Å². The van der Waals surface area contributed by atoms with Gasteiger partial charge in [-0.25, -0.2) is 0 Å². The van der Waals surface area contributed by atoms with Crippen molar-refractivity contribution in [1.82, 2.24) is 0 Å². The van der Waals surface area contributed by atoms with E-state index in [9.17, 15) is 4.79 Å². The zero-order valence-electron chi connectivity index (χ0n) is 25.9. The van der Waals surface area contributed by atoms with Crippen molar-refractivity contribution in [2.45, 2.75) is 0 Å². The third kappa shape index (κ3) is 3.75. The predicted molar refractivity (Wildman–Crippen MR) is 203 cm³/mol. The van der Waals surface area contributed by atoms with Crippen LogP contribution in [0.1, 0.15) is 15.9 Å². The number of carbonyl (C=O) groups excluding carboxylic acids is 1. The molecule has 10 aromatic rings. The van der Waals surface area contributed by atoms with E-state index in [1.165, 1.54) is 32.3 Å². The van der Waals surface area contributed by atoms with Crippen molar-refractivity contribution >= 4 is 93.5 Å². The van der Waals surface area contributed by atoms with E-state index >= 15 is 4.57 Å². The van der Waals surface area contributed by atoms with Crippen LogP contribution in [0.5, 0.6) is 0 Å². The normalized spacial score (nSPS) is 12.3. The number of hydrogen-bond donors (Lipinski definition) is 0. The number of hydrogen-bond acceptors (Lipinski definition) is 2. The minimum atomic E-state index is -3.53. The van der Waals surface area contributed by atoms with Crippen LogP contribution >= 0.6 is 7.14 Å². The summed E-state index contributed by atoms with van der Waals surface area (Å²) in [5.74, 6) is -0.0533. The van der Waals surface area contributed by atoms with E-state index < -0.39 is 7.14 Å². The Morgan fingerprint density at radius 3 is 1.23 bits per heavy atom. The summed E-state index contributed by atoms with van der Waals surface area (Å²) in [4.78, 5) is 13.4. The molecule has 0 saturated heterocycles. The summed E-state index contributed by atoms with van der Waals surface area (Å²) in [7, 11) is -3.53. The quantitative estimate of drug-likeness (QED) is 0.108. The lowest BCUT2D eigenvalue weighted by atomic mass is 9.94. The first kappa shape index (κ1) is 27.3. The fourth-order valence-electron chi connectivity index (χ4n) is 7.98. The van der Waals surface area contributed by atoms with E-state index in [2.05, 4.69) is 109 Å².